The maximum absolute atomic E-state index is 13.2. The topological polar surface area (TPSA) is 41.0 Å². The van der Waals surface area contributed by atoms with Crippen LogP contribution in [0.2, 0.25) is 0 Å². The first-order valence-corrected chi connectivity index (χ1v) is 7.19. The minimum Gasteiger partial charge on any atom is -0.370 e. The highest BCUT2D eigenvalue weighted by Gasteiger charge is 2.08. The predicted molar refractivity (Wildman–Crippen MR) is 84.1 cm³/mol. The van der Waals surface area contributed by atoms with Gasteiger partial charge in [-0.3, -0.25) is 0 Å². The van der Waals surface area contributed by atoms with Crippen LogP contribution in [0.4, 0.5) is 16.0 Å². The molecule has 1 N–H and O–H groups in total. The fourth-order valence-corrected chi connectivity index (χ4v) is 2.10. The van der Waals surface area contributed by atoms with Crippen LogP contribution in [0.25, 0.3) is 0 Å². The third-order valence-corrected chi connectivity index (χ3v) is 3.13. The largest absolute Gasteiger partial charge is 0.370 e. The second-order valence-corrected chi connectivity index (χ2v) is 4.90. The molecule has 1 heterocycles. The normalized spacial score (nSPS) is 10.5. The Morgan fingerprint density at radius 3 is 2.67 bits per heavy atom. The Balaban J connectivity index is 2.21. The number of halogens is 1. The molecule has 21 heavy (non-hydrogen) atoms. The first-order chi connectivity index (χ1) is 10.1. The Kier molecular flexibility index (Phi) is 5.09. The number of hydrogen-bond donors (Lipinski definition) is 1. The van der Waals surface area contributed by atoms with Crippen LogP contribution >= 0.6 is 0 Å². The summed E-state index contributed by atoms with van der Waals surface area (Å²) in [5, 5.41) is 3.21. The lowest BCUT2D eigenvalue weighted by Crippen LogP contribution is -2.19. The van der Waals surface area contributed by atoms with Crippen LogP contribution in [0, 0.1) is 5.82 Å². The molecule has 1 aromatic heterocycles. The van der Waals surface area contributed by atoms with Crippen molar-refractivity contribution < 1.29 is 4.39 Å². The number of hydrogen-bond acceptors (Lipinski definition) is 4. The van der Waals surface area contributed by atoms with Gasteiger partial charge in [-0.25, -0.2) is 14.4 Å². The van der Waals surface area contributed by atoms with Gasteiger partial charge in [-0.05, 0) is 24.6 Å². The first-order valence-electron chi connectivity index (χ1n) is 7.19. The van der Waals surface area contributed by atoms with Gasteiger partial charge < -0.3 is 10.2 Å². The zero-order valence-corrected chi connectivity index (χ0v) is 12.7. The molecular formula is C16H21FN4. The minimum absolute atomic E-state index is 0.217. The number of rotatable bonds is 6. The number of anilines is 2. The molecule has 2 aromatic rings. The lowest BCUT2D eigenvalue weighted by Gasteiger charge is -2.19. The van der Waals surface area contributed by atoms with Crippen molar-refractivity contribution in [1.82, 2.24) is 9.97 Å². The molecular weight excluding hydrogens is 267 g/mol. The van der Waals surface area contributed by atoms with E-state index in [0.717, 1.165) is 36.0 Å². The Hall–Kier alpha value is -2.17. The second kappa shape index (κ2) is 7.02. The van der Waals surface area contributed by atoms with Crippen molar-refractivity contribution in [2.75, 3.05) is 23.8 Å². The number of aryl methyl sites for hydroxylation is 1. The second-order valence-electron chi connectivity index (χ2n) is 4.90. The van der Waals surface area contributed by atoms with E-state index < -0.39 is 0 Å². The lowest BCUT2D eigenvalue weighted by atomic mass is 10.2. The quantitative estimate of drug-likeness (QED) is 0.886. The number of benzene rings is 1. The molecule has 0 saturated carbocycles. The van der Waals surface area contributed by atoms with E-state index in [1.807, 2.05) is 37.9 Å². The van der Waals surface area contributed by atoms with Crippen molar-refractivity contribution in [2.24, 2.45) is 0 Å². The molecule has 0 radical (unpaired) electrons. The summed E-state index contributed by atoms with van der Waals surface area (Å²) in [5.41, 5.74) is 0.916. The number of aromatic nitrogens is 2. The maximum Gasteiger partial charge on any atom is 0.134 e. The summed E-state index contributed by atoms with van der Waals surface area (Å²) in [4.78, 5) is 11.0. The van der Waals surface area contributed by atoms with Crippen LogP contribution in [-0.4, -0.2) is 23.6 Å². The summed E-state index contributed by atoms with van der Waals surface area (Å²) in [6, 6.07) is 8.55. The van der Waals surface area contributed by atoms with Crippen LogP contribution in [0.3, 0.4) is 0 Å². The lowest BCUT2D eigenvalue weighted by molar-refractivity contribution is 0.625. The van der Waals surface area contributed by atoms with Crippen LogP contribution in [0.1, 0.15) is 25.2 Å². The SMILES string of the molecule is CCNc1cc(N(C)Cc2cccc(F)c2)nc(CC)n1. The molecule has 0 saturated heterocycles. The summed E-state index contributed by atoms with van der Waals surface area (Å²) in [6.07, 6.45) is 0.778. The molecule has 0 atom stereocenters. The van der Waals surface area contributed by atoms with Crippen molar-refractivity contribution in [3.8, 4) is 0 Å². The summed E-state index contributed by atoms with van der Waals surface area (Å²) in [5.74, 6) is 2.24. The van der Waals surface area contributed by atoms with Crippen molar-refractivity contribution >= 4 is 11.6 Å². The molecule has 4 nitrogen and oxygen atoms in total. The summed E-state index contributed by atoms with van der Waals surface area (Å²) < 4.78 is 13.2. The van der Waals surface area contributed by atoms with Gasteiger partial charge in [-0.15, -0.1) is 0 Å². The molecule has 0 aliphatic heterocycles. The van der Waals surface area contributed by atoms with Gasteiger partial charge in [-0.1, -0.05) is 19.1 Å². The van der Waals surface area contributed by atoms with E-state index in [9.17, 15) is 4.39 Å². The van der Waals surface area contributed by atoms with E-state index in [1.165, 1.54) is 6.07 Å². The highest BCUT2D eigenvalue weighted by atomic mass is 19.1. The molecule has 0 amide bonds. The van der Waals surface area contributed by atoms with Gasteiger partial charge in [-0.2, -0.15) is 0 Å². The van der Waals surface area contributed by atoms with Gasteiger partial charge in [0.2, 0.25) is 0 Å². The Labute approximate surface area is 125 Å². The molecule has 1 aromatic carbocycles. The molecule has 2 rings (SSSR count). The monoisotopic (exact) mass is 288 g/mol. The van der Waals surface area contributed by atoms with E-state index in [1.54, 1.807) is 12.1 Å². The molecule has 5 heteroatoms. The fraction of sp³-hybridized carbons (Fsp3) is 0.375. The average Bonchev–Trinajstić information content (AvgIpc) is 2.47. The van der Waals surface area contributed by atoms with E-state index >= 15 is 0 Å². The molecule has 0 aliphatic carbocycles. The third kappa shape index (κ3) is 4.15. The van der Waals surface area contributed by atoms with Crippen LogP contribution in [0.5, 0.6) is 0 Å². The molecule has 0 fully saturated rings. The van der Waals surface area contributed by atoms with Crippen molar-refractivity contribution in [2.45, 2.75) is 26.8 Å². The standard InChI is InChI=1S/C16H21FN4/c1-4-14-19-15(18-5-2)10-16(20-14)21(3)11-12-7-6-8-13(17)9-12/h6-10H,4-5,11H2,1-3H3,(H,18,19,20). The summed E-state index contributed by atoms with van der Waals surface area (Å²) in [6.45, 7) is 5.47. The molecule has 0 unspecified atom stereocenters. The number of nitrogens with zero attached hydrogens (tertiary/aromatic N) is 3. The third-order valence-electron chi connectivity index (χ3n) is 3.13. The van der Waals surface area contributed by atoms with Gasteiger partial charge >= 0.3 is 0 Å². The molecule has 0 aliphatic rings. The molecule has 0 spiro atoms. The van der Waals surface area contributed by atoms with Crippen molar-refractivity contribution in [3.05, 3.63) is 47.5 Å². The van der Waals surface area contributed by atoms with Crippen LogP contribution in [0.15, 0.2) is 30.3 Å². The predicted octanol–water partition coefficient (Wildman–Crippen LogP) is 3.25. The van der Waals surface area contributed by atoms with Gasteiger partial charge in [0.1, 0.15) is 23.3 Å². The van der Waals surface area contributed by atoms with Crippen molar-refractivity contribution in [1.29, 1.82) is 0 Å². The van der Waals surface area contributed by atoms with Crippen molar-refractivity contribution in [3.63, 3.8) is 0 Å². The Morgan fingerprint density at radius 1 is 1.19 bits per heavy atom. The summed E-state index contributed by atoms with van der Waals surface area (Å²) in [7, 11) is 1.95. The Bertz CT molecular complexity index is 601. The smallest absolute Gasteiger partial charge is 0.134 e. The van der Waals surface area contributed by atoms with Gasteiger partial charge in [0.05, 0.1) is 0 Å². The van der Waals surface area contributed by atoms with E-state index in [2.05, 4.69) is 15.3 Å². The highest BCUT2D eigenvalue weighted by molar-refractivity contribution is 5.49. The van der Waals surface area contributed by atoms with Crippen LogP contribution in [-0.2, 0) is 13.0 Å². The zero-order chi connectivity index (χ0) is 15.2. The maximum atomic E-state index is 13.2. The minimum atomic E-state index is -0.217. The zero-order valence-electron chi connectivity index (χ0n) is 12.7. The van der Waals surface area contributed by atoms with Gasteiger partial charge in [0.25, 0.3) is 0 Å². The fourth-order valence-electron chi connectivity index (χ4n) is 2.10. The molecule has 112 valence electrons. The van der Waals surface area contributed by atoms with E-state index in [0.29, 0.717) is 6.54 Å². The van der Waals surface area contributed by atoms with E-state index in [4.69, 9.17) is 0 Å². The van der Waals surface area contributed by atoms with E-state index in [-0.39, 0.29) is 5.82 Å². The van der Waals surface area contributed by atoms with Gasteiger partial charge in [0.15, 0.2) is 0 Å². The summed E-state index contributed by atoms with van der Waals surface area (Å²) >= 11 is 0. The Morgan fingerprint density at radius 2 is 2.00 bits per heavy atom. The highest BCUT2D eigenvalue weighted by Crippen LogP contribution is 2.17. The first kappa shape index (κ1) is 15.2. The average molecular weight is 288 g/mol. The number of nitrogens with one attached hydrogen (secondary N) is 1. The van der Waals surface area contributed by atoms with Crippen LogP contribution < -0.4 is 10.2 Å². The molecule has 0 bridgehead atoms. The van der Waals surface area contributed by atoms with Gasteiger partial charge in [0, 0.05) is 32.6 Å².